The molecule has 6 nitrogen and oxygen atoms in total. The maximum absolute atomic E-state index is 12.2. The zero-order chi connectivity index (χ0) is 15.4. The maximum Gasteiger partial charge on any atom is 0.326 e. The molecule has 0 aliphatic carbocycles. The molecule has 2 atom stereocenters. The maximum atomic E-state index is 12.2. The second kappa shape index (κ2) is 6.58. The summed E-state index contributed by atoms with van der Waals surface area (Å²) in [6.45, 7) is 2.49. The summed E-state index contributed by atoms with van der Waals surface area (Å²) in [4.78, 5) is 25.0. The third-order valence-electron chi connectivity index (χ3n) is 3.74. The number of hydrogen-bond donors (Lipinski definition) is 2. The Morgan fingerprint density at radius 1 is 1.43 bits per heavy atom. The van der Waals surface area contributed by atoms with Gasteiger partial charge in [0.25, 0.3) is 0 Å². The molecule has 1 heterocycles. The first kappa shape index (κ1) is 15.3. The summed E-state index contributed by atoms with van der Waals surface area (Å²) in [5.74, 6) is -0.987. The zero-order valence-corrected chi connectivity index (χ0v) is 12.2. The highest BCUT2D eigenvalue weighted by Gasteiger charge is 2.34. The van der Waals surface area contributed by atoms with Crippen molar-refractivity contribution >= 4 is 12.0 Å². The summed E-state index contributed by atoms with van der Waals surface area (Å²) in [5.41, 5.74) is 1.98. The van der Waals surface area contributed by atoms with E-state index in [1.165, 1.54) is 4.90 Å². The van der Waals surface area contributed by atoms with Gasteiger partial charge in [-0.25, -0.2) is 9.59 Å². The quantitative estimate of drug-likeness (QED) is 0.875. The van der Waals surface area contributed by atoms with E-state index in [-0.39, 0.29) is 12.1 Å². The smallest absolute Gasteiger partial charge is 0.326 e. The van der Waals surface area contributed by atoms with E-state index < -0.39 is 12.0 Å². The lowest BCUT2D eigenvalue weighted by molar-refractivity contribution is -0.142. The number of carboxylic acid groups (broad SMARTS) is 1. The Morgan fingerprint density at radius 3 is 2.71 bits per heavy atom. The molecule has 1 aromatic rings. The molecular weight excluding hydrogens is 272 g/mol. The van der Waals surface area contributed by atoms with Gasteiger partial charge in [-0.05, 0) is 18.1 Å². The van der Waals surface area contributed by atoms with Crippen LogP contribution in [0.4, 0.5) is 4.79 Å². The number of amides is 2. The van der Waals surface area contributed by atoms with Gasteiger partial charge in [-0.15, -0.1) is 0 Å². The van der Waals surface area contributed by atoms with Crippen LogP contribution in [0.25, 0.3) is 0 Å². The molecule has 0 aromatic heterocycles. The lowest BCUT2D eigenvalue weighted by Crippen LogP contribution is -2.53. The van der Waals surface area contributed by atoms with Crippen molar-refractivity contribution in [2.75, 3.05) is 13.7 Å². The molecule has 114 valence electrons. The van der Waals surface area contributed by atoms with Crippen LogP contribution in [0.15, 0.2) is 24.3 Å². The monoisotopic (exact) mass is 292 g/mol. The van der Waals surface area contributed by atoms with E-state index in [0.29, 0.717) is 19.5 Å². The molecule has 0 saturated heterocycles. The van der Waals surface area contributed by atoms with Gasteiger partial charge in [0.05, 0.1) is 6.10 Å². The van der Waals surface area contributed by atoms with Crippen molar-refractivity contribution in [3.8, 4) is 0 Å². The van der Waals surface area contributed by atoms with E-state index in [1.807, 2.05) is 31.2 Å². The van der Waals surface area contributed by atoms with E-state index >= 15 is 0 Å². The number of ether oxygens (including phenoxy) is 1. The van der Waals surface area contributed by atoms with Crippen LogP contribution >= 0.6 is 0 Å². The van der Waals surface area contributed by atoms with Crippen molar-refractivity contribution in [3.05, 3.63) is 35.4 Å². The summed E-state index contributed by atoms with van der Waals surface area (Å²) in [5, 5.41) is 12.1. The third-order valence-corrected chi connectivity index (χ3v) is 3.74. The Morgan fingerprint density at radius 2 is 2.10 bits per heavy atom. The first-order chi connectivity index (χ1) is 10.0. The number of fused-ring (bicyclic) bond motifs is 1. The lowest BCUT2D eigenvalue weighted by atomic mass is 9.94. The van der Waals surface area contributed by atoms with Gasteiger partial charge in [0.2, 0.25) is 0 Å². The lowest BCUT2D eigenvalue weighted by Gasteiger charge is -2.34. The van der Waals surface area contributed by atoms with Crippen molar-refractivity contribution in [1.29, 1.82) is 0 Å². The number of carbonyl (C=O) groups is 2. The highest BCUT2D eigenvalue weighted by atomic mass is 16.5. The van der Waals surface area contributed by atoms with E-state index in [9.17, 15) is 14.7 Å². The Labute approximate surface area is 123 Å². The Bertz CT molecular complexity index is 532. The normalized spacial score (nSPS) is 18.8. The number of nitrogens with zero attached hydrogens (tertiary/aromatic N) is 1. The molecule has 0 saturated carbocycles. The standard InChI is InChI=1S/C15H20N2O4/c1-10(21-2)8-16-15(20)17-9-12-6-4-3-5-11(12)7-13(17)14(18)19/h3-6,10,13H,7-9H2,1-2H3,(H,16,20)(H,18,19)/t10?,13-/m1/s1. The Hall–Kier alpha value is -2.08. The van der Waals surface area contributed by atoms with Crippen LogP contribution in [0.1, 0.15) is 18.1 Å². The number of nitrogens with one attached hydrogen (secondary N) is 1. The first-order valence-electron chi connectivity index (χ1n) is 6.89. The predicted molar refractivity (Wildman–Crippen MR) is 77.0 cm³/mol. The molecule has 1 aliphatic heterocycles. The number of carbonyl (C=O) groups excluding carboxylic acids is 1. The fourth-order valence-corrected chi connectivity index (χ4v) is 2.37. The minimum atomic E-state index is -0.987. The highest BCUT2D eigenvalue weighted by molar-refractivity contribution is 5.83. The van der Waals surface area contributed by atoms with E-state index in [2.05, 4.69) is 5.32 Å². The minimum absolute atomic E-state index is 0.116. The fraction of sp³-hybridized carbons (Fsp3) is 0.467. The second-order valence-electron chi connectivity index (χ2n) is 5.19. The van der Waals surface area contributed by atoms with Gasteiger partial charge >= 0.3 is 12.0 Å². The molecule has 2 N–H and O–H groups in total. The van der Waals surface area contributed by atoms with Gasteiger partial charge in [0.1, 0.15) is 6.04 Å². The van der Waals surface area contributed by atoms with Crippen LogP contribution in [-0.4, -0.2) is 47.8 Å². The zero-order valence-electron chi connectivity index (χ0n) is 12.2. The number of benzene rings is 1. The van der Waals surface area contributed by atoms with Crippen molar-refractivity contribution in [2.24, 2.45) is 0 Å². The number of aliphatic carboxylic acids is 1. The largest absolute Gasteiger partial charge is 0.480 e. The molecule has 2 amide bonds. The number of urea groups is 1. The number of rotatable bonds is 4. The average molecular weight is 292 g/mol. The van der Waals surface area contributed by atoms with Crippen LogP contribution in [0, 0.1) is 0 Å². The predicted octanol–water partition coefficient (Wildman–Crippen LogP) is 1.24. The van der Waals surface area contributed by atoms with Crippen molar-refractivity contribution in [2.45, 2.75) is 32.0 Å². The van der Waals surface area contributed by atoms with Gasteiger partial charge in [-0.2, -0.15) is 0 Å². The number of hydrogen-bond acceptors (Lipinski definition) is 3. The van der Waals surface area contributed by atoms with E-state index in [1.54, 1.807) is 7.11 Å². The van der Waals surface area contributed by atoms with Crippen LogP contribution in [-0.2, 0) is 22.5 Å². The first-order valence-corrected chi connectivity index (χ1v) is 6.89. The number of methoxy groups -OCH3 is 1. The minimum Gasteiger partial charge on any atom is -0.480 e. The summed E-state index contributed by atoms with van der Waals surface area (Å²) in [7, 11) is 1.56. The van der Waals surface area contributed by atoms with Crippen molar-refractivity contribution < 1.29 is 19.4 Å². The Kier molecular flexibility index (Phi) is 4.80. The van der Waals surface area contributed by atoms with Gasteiger partial charge in [0, 0.05) is 26.6 Å². The molecule has 21 heavy (non-hydrogen) atoms. The fourth-order valence-electron chi connectivity index (χ4n) is 2.37. The van der Waals surface area contributed by atoms with Gasteiger partial charge < -0.3 is 20.1 Å². The van der Waals surface area contributed by atoms with Crippen LogP contribution in [0.2, 0.25) is 0 Å². The van der Waals surface area contributed by atoms with Crippen molar-refractivity contribution in [3.63, 3.8) is 0 Å². The summed E-state index contributed by atoms with van der Waals surface area (Å²) < 4.78 is 5.07. The summed E-state index contributed by atoms with van der Waals surface area (Å²) in [6.07, 6.45) is 0.216. The number of carboxylic acids is 1. The second-order valence-corrected chi connectivity index (χ2v) is 5.19. The van der Waals surface area contributed by atoms with Crippen molar-refractivity contribution in [1.82, 2.24) is 10.2 Å². The van der Waals surface area contributed by atoms with Gasteiger partial charge in [0.15, 0.2) is 0 Å². The van der Waals surface area contributed by atoms with Gasteiger partial charge in [-0.1, -0.05) is 24.3 Å². The molecule has 6 heteroatoms. The molecule has 0 bridgehead atoms. The summed E-state index contributed by atoms with van der Waals surface area (Å²) >= 11 is 0. The van der Waals surface area contributed by atoms with Crippen LogP contribution in [0.3, 0.4) is 0 Å². The van der Waals surface area contributed by atoms with Crippen LogP contribution < -0.4 is 5.32 Å². The van der Waals surface area contributed by atoms with Gasteiger partial charge in [-0.3, -0.25) is 0 Å². The topological polar surface area (TPSA) is 78.9 Å². The van der Waals surface area contributed by atoms with Crippen LogP contribution in [0.5, 0.6) is 0 Å². The third kappa shape index (κ3) is 3.52. The molecule has 0 radical (unpaired) electrons. The van der Waals surface area contributed by atoms with E-state index in [4.69, 9.17) is 4.74 Å². The molecule has 2 rings (SSSR count). The molecule has 1 aliphatic rings. The highest BCUT2D eigenvalue weighted by Crippen LogP contribution is 2.23. The summed E-state index contributed by atoms with van der Waals surface area (Å²) in [6, 6.07) is 6.40. The molecular formula is C15H20N2O4. The SMILES string of the molecule is COC(C)CNC(=O)N1Cc2ccccc2C[C@@H]1C(=O)O. The Balaban J connectivity index is 2.13. The van der Waals surface area contributed by atoms with E-state index in [0.717, 1.165) is 11.1 Å². The molecule has 0 spiro atoms. The molecule has 1 aromatic carbocycles. The molecule has 1 unspecified atom stereocenters. The average Bonchev–Trinajstić information content (AvgIpc) is 2.50. The molecule has 0 fully saturated rings.